The molecule has 33 heavy (non-hydrogen) atoms. The van der Waals surface area contributed by atoms with Crippen molar-refractivity contribution in [2.75, 3.05) is 18.1 Å². The van der Waals surface area contributed by atoms with Crippen LogP contribution in [0.5, 0.6) is 0 Å². The number of ether oxygens (including phenoxy) is 1. The van der Waals surface area contributed by atoms with E-state index >= 15 is 0 Å². The van der Waals surface area contributed by atoms with Crippen molar-refractivity contribution in [2.45, 2.75) is 25.1 Å². The maximum absolute atomic E-state index is 13.2. The Bertz CT molecular complexity index is 1140. The topological polar surface area (TPSA) is 70.1 Å². The summed E-state index contributed by atoms with van der Waals surface area (Å²) in [4.78, 5) is 29.7. The molecular formula is C27H26N2O4. The fourth-order valence-corrected chi connectivity index (χ4v) is 5.08. The van der Waals surface area contributed by atoms with E-state index in [1.807, 2.05) is 89.8 Å². The third kappa shape index (κ3) is 3.98. The molecule has 2 amide bonds. The predicted octanol–water partition coefficient (Wildman–Crippen LogP) is 4.47. The van der Waals surface area contributed by atoms with Gasteiger partial charge in [-0.05, 0) is 22.8 Å². The van der Waals surface area contributed by atoms with Crippen molar-refractivity contribution in [1.29, 1.82) is 0 Å². The first-order chi connectivity index (χ1) is 16.2. The highest BCUT2D eigenvalue weighted by atomic mass is 16.6. The highest BCUT2D eigenvalue weighted by Gasteiger charge is 2.49. The lowest BCUT2D eigenvalue weighted by atomic mass is 9.87. The average Bonchev–Trinajstić information content (AvgIpc) is 3.20. The molecule has 2 heterocycles. The normalized spacial score (nSPS) is 20.2. The lowest BCUT2D eigenvalue weighted by Gasteiger charge is -2.41. The van der Waals surface area contributed by atoms with Crippen LogP contribution in [0.3, 0.4) is 0 Å². The molecule has 1 fully saturated rings. The molecule has 0 aliphatic carbocycles. The first kappa shape index (κ1) is 21.2. The second kappa shape index (κ2) is 9.08. The molecule has 0 aromatic heterocycles. The number of hydrogen-bond acceptors (Lipinski definition) is 4. The van der Waals surface area contributed by atoms with Crippen LogP contribution in [0.15, 0.2) is 84.9 Å². The maximum atomic E-state index is 13.2. The van der Waals surface area contributed by atoms with E-state index in [0.717, 1.165) is 22.4 Å². The van der Waals surface area contributed by atoms with Crippen LogP contribution in [-0.4, -0.2) is 35.2 Å². The number of nitrogens with zero attached hydrogens (tertiary/aromatic N) is 2. The van der Waals surface area contributed by atoms with E-state index in [2.05, 4.69) is 0 Å². The minimum absolute atomic E-state index is 0.0118. The molecule has 6 heteroatoms. The summed E-state index contributed by atoms with van der Waals surface area (Å²) in [6.07, 6.45) is -0.0948. The fourth-order valence-electron chi connectivity index (χ4n) is 5.08. The van der Waals surface area contributed by atoms with Gasteiger partial charge < -0.3 is 14.7 Å². The van der Waals surface area contributed by atoms with E-state index in [4.69, 9.17) is 4.74 Å². The van der Waals surface area contributed by atoms with Crippen molar-refractivity contribution in [3.8, 4) is 0 Å². The van der Waals surface area contributed by atoms with Gasteiger partial charge in [-0.2, -0.15) is 0 Å². The molecule has 0 spiro atoms. The number of fused-ring (bicyclic) bond motifs is 3. The maximum Gasteiger partial charge on any atom is 0.414 e. The Morgan fingerprint density at radius 2 is 1.64 bits per heavy atom. The Kier molecular flexibility index (Phi) is 5.84. The number of likely N-dealkylation sites (tertiary alicyclic amines) is 1. The van der Waals surface area contributed by atoms with Crippen molar-refractivity contribution in [2.24, 2.45) is 5.92 Å². The van der Waals surface area contributed by atoms with Crippen molar-refractivity contribution < 1.29 is 19.4 Å². The van der Waals surface area contributed by atoms with Crippen LogP contribution in [0.2, 0.25) is 0 Å². The van der Waals surface area contributed by atoms with Gasteiger partial charge in [0.2, 0.25) is 5.91 Å². The van der Waals surface area contributed by atoms with E-state index in [9.17, 15) is 14.7 Å². The summed E-state index contributed by atoms with van der Waals surface area (Å²) in [6.45, 7) is 0.423. The Balaban J connectivity index is 1.44. The van der Waals surface area contributed by atoms with Gasteiger partial charge in [-0.1, -0.05) is 78.9 Å². The van der Waals surface area contributed by atoms with Gasteiger partial charge in [-0.15, -0.1) is 0 Å². The first-order valence-electron chi connectivity index (χ1n) is 11.2. The molecule has 0 bridgehead atoms. The Morgan fingerprint density at radius 1 is 0.970 bits per heavy atom. The molecule has 3 aromatic carbocycles. The zero-order valence-electron chi connectivity index (χ0n) is 18.2. The number of aliphatic hydroxyl groups is 1. The van der Waals surface area contributed by atoms with Crippen LogP contribution in [0.1, 0.15) is 35.2 Å². The Morgan fingerprint density at radius 3 is 2.36 bits per heavy atom. The lowest BCUT2D eigenvalue weighted by molar-refractivity contribution is -0.132. The van der Waals surface area contributed by atoms with Gasteiger partial charge in [0.15, 0.2) is 0 Å². The summed E-state index contributed by atoms with van der Waals surface area (Å²) in [6, 6.07) is 26.2. The van der Waals surface area contributed by atoms with Gasteiger partial charge in [-0.3, -0.25) is 9.69 Å². The molecule has 3 atom stereocenters. The van der Waals surface area contributed by atoms with E-state index in [0.29, 0.717) is 13.0 Å². The third-order valence-corrected chi connectivity index (χ3v) is 6.55. The molecule has 168 valence electrons. The zero-order valence-corrected chi connectivity index (χ0v) is 18.2. The highest BCUT2D eigenvalue weighted by Crippen LogP contribution is 2.49. The molecule has 2 aliphatic rings. The molecule has 0 saturated carbocycles. The minimum atomic E-state index is -0.432. The number of amides is 2. The number of aliphatic hydroxyl groups excluding tert-OH is 1. The molecule has 6 nitrogen and oxygen atoms in total. The SMILES string of the molecule is O=C(OCc1ccccc1)N1C[C@@H]2CC(=O)N([C@@H](CO)c3ccccc3)[C@@H]2c2ccccc21. The van der Waals surface area contributed by atoms with E-state index in [1.165, 1.54) is 0 Å². The summed E-state index contributed by atoms with van der Waals surface area (Å²) < 4.78 is 5.61. The van der Waals surface area contributed by atoms with Gasteiger partial charge in [-0.25, -0.2) is 4.79 Å². The van der Waals surface area contributed by atoms with E-state index < -0.39 is 12.1 Å². The molecule has 2 aliphatic heterocycles. The molecule has 5 rings (SSSR count). The predicted molar refractivity (Wildman–Crippen MR) is 124 cm³/mol. The first-order valence-corrected chi connectivity index (χ1v) is 11.2. The Hall–Kier alpha value is -3.64. The number of hydrogen-bond donors (Lipinski definition) is 1. The van der Waals surface area contributed by atoms with Gasteiger partial charge in [0.1, 0.15) is 6.61 Å². The van der Waals surface area contributed by atoms with Crippen LogP contribution in [-0.2, 0) is 16.1 Å². The van der Waals surface area contributed by atoms with Crippen molar-refractivity contribution in [3.63, 3.8) is 0 Å². The van der Waals surface area contributed by atoms with E-state index in [-0.39, 0.29) is 31.1 Å². The van der Waals surface area contributed by atoms with Crippen molar-refractivity contribution >= 4 is 17.7 Å². The molecule has 0 radical (unpaired) electrons. The smallest absolute Gasteiger partial charge is 0.414 e. The second-order valence-corrected chi connectivity index (χ2v) is 8.53. The molecule has 0 unspecified atom stereocenters. The molecular weight excluding hydrogens is 416 g/mol. The molecule has 3 aromatic rings. The molecule has 1 N–H and O–H groups in total. The van der Waals surface area contributed by atoms with Crippen molar-refractivity contribution in [1.82, 2.24) is 4.90 Å². The summed E-state index contributed by atoms with van der Waals surface area (Å²) in [5.74, 6) is -0.0864. The fraction of sp³-hybridized carbons (Fsp3) is 0.259. The van der Waals surface area contributed by atoms with Gasteiger partial charge in [0, 0.05) is 18.9 Å². The standard InChI is InChI=1S/C27H26N2O4/c30-17-24(20-11-5-2-6-12-20)29-25(31)15-21-16-28(23-14-8-7-13-22(23)26(21)29)27(32)33-18-19-9-3-1-4-10-19/h1-14,21,24,26,30H,15-18H2/t21-,24-,26-/m0/s1. The largest absolute Gasteiger partial charge is 0.444 e. The highest BCUT2D eigenvalue weighted by molar-refractivity contribution is 5.91. The number of carbonyl (C=O) groups excluding carboxylic acids is 2. The van der Waals surface area contributed by atoms with E-state index in [1.54, 1.807) is 4.90 Å². The van der Waals surface area contributed by atoms with Crippen molar-refractivity contribution in [3.05, 3.63) is 102 Å². The van der Waals surface area contributed by atoms with Crippen LogP contribution >= 0.6 is 0 Å². The minimum Gasteiger partial charge on any atom is -0.444 e. The average molecular weight is 443 g/mol. The third-order valence-electron chi connectivity index (χ3n) is 6.55. The lowest BCUT2D eigenvalue weighted by Crippen LogP contribution is -2.44. The second-order valence-electron chi connectivity index (χ2n) is 8.53. The number of para-hydroxylation sites is 1. The van der Waals surface area contributed by atoms with Gasteiger partial charge in [0.05, 0.1) is 24.4 Å². The van der Waals surface area contributed by atoms with Crippen LogP contribution in [0.4, 0.5) is 10.5 Å². The van der Waals surface area contributed by atoms with Crippen LogP contribution < -0.4 is 4.90 Å². The summed E-state index contributed by atoms with van der Waals surface area (Å²) >= 11 is 0. The summed E-state index contributed by atoms with van der Waals surface area (Å²) in [7, 11) is 0. The monoisotopic (exact) mass is 442 g/mol. The van der Waals surface area contributed by atoms with Crippen LogP contribution in [0, 0.1) is 5.92 Å². The number of rotatable bonds is 5. The zero-order chi connectivity index (χ0) is 22.8. The summed E-state index contributed by atoms with van der Waals surface area (Å²) in [5, 5.41) is 10.2. The number of anilines is 1. The summed E-state index contributed by atoms with van der Waals surface area (Å²) in [5.41, 5.74) is 3.48. The van der Waals surface area contributed by atoms with Crippen LogP contribution in [0.25, 0.3) is 0 Å². The van der Waals surface area contributed by atoms with Gasteiger partial charge >= 0.3 is 6.09 Å². The molecule has 1 saturated heterocycles. The number of carbonyl (C=O) groups is 2. The Labute approximate surface area is 193 Å². The number of benzene rings is 3. The van der Waals surface area contributed by atoms with Gasteiger partial charge in [0.25, 0.3) is 0 Å². The quantitative estimate of drug-likeness (QED) is 0.633.